The number of aliphatic hydroxyl groups excluding tert-OH is 1. The summed E-state index contributed by atoms with van der Waals surface area (Å²) in [6, 6.07) is 10.9. The van der Waals surface area contributed by atoms with E-state index in [1.54, 1.807) is 24.8 Å². The van der Waals surface area contributed by atoms with Gasteiger partial charge in [0.15, 0.2) is 0 Å². The average molecular weight is 467 g/mol. The van der Waals surface area contributed by atoms with Gasteiger partial charge in [0.05, 0.1) is 28.4 Å². The number of para-hydroxylation sites is 1. The first-order valence-corrected chi connectivity index (χ1v) is 10.5. The van der Waals surface area contributed by atoms with Crippen molar-refractivity contribution in [3.8, 4) is 0 Å². The van der Waals surface area contributed by atoms with Gasteiger partial charge in [0.2, 0.25) is 0 Å². The number of nitro benzene ring substituents is 1. The van der Waals surface area contributed by atoms with E-state index in [0.717, 1.165) is 0 Å². The van der Waals surface area contributed by atoms with E-state index in [2.05, 4.69) is 4.98 Å². The number of nitrogens with zero attached hydrogens (tertiary/aromatic N) is 4. The van der Waals surface area contributed by atoms with Crippen molar-refractivity contribution in [2.24, 2.45) is 0 Å². The van der Waals surface area contributed by atoms with Crippen LogP contribution < -0.4 is 0 Å². The molecule has 168 valence electrons. The zero-order valence-corrected chi connectivity index (χ0v) is 18.1. The summed E-state index contributed by atoms with van der Waals surface area (Å²) in [5, 5.41) is 23.2. The molecular formula is C23H19ClN4O5. The Morgan fingerprint density at radius 3 is 2.52 bits per heavy atom. The number of carbonyl (C=O) groups is 2. The fourth-order valence-electron chi connectivity index (χ4n) is 3.92. The van der Waals surface area contributed by atoms with Crippen LogP contribution in [0, 0.1) is 10.1 Å². The number of nitro groups is 1. The molecule has 0 bridgehead atoms. The van der Waals surface area contributed by atoms with Gasteiger partial charge in [-0.05, 0) is 36.8 Å². The molecule has 0 aliphatic carbocycles. The number of aliphatic hydroxyl groups is 1. The van der Waals surface area contributed by atoms with Crippen LogP contribution in [0.5, 0.6) is 0 Å². The number of ketones is 1. The Labute approximate surface area is 193 Å². The number of benzene rings is 2. The van der Waals surface area contributed by atoms with Gasteiger partial charge in [0.1, 0.15) is 5.76 Å². The van der Waals surface area contributed by atoms with Gasteiger partial charge in [-0.3, -0.25) is 19.7 Å². The highest BCUT2D eigenvalue weighted by Crippen LogP contribution is 2.42. The first kappa shape index (κ1) is 22.2. The second-order valence-corrected chi connectivity index (χ2v) is 7.91. The van der Waals surface area contributed by atoms with Crippen LogP contribution in [0.2, 0.25) is 5.02 Å². The molecule has 1 atom stereocenters. The predicted octanol–water partition coefficient (Wildman–Crippen LogP) is 3.96. The van der Waals surface area contributed by atoms with E-state index >= 15 is 0 Å². The van der Waals surface area contributed by atoms with Gasteiger partial charge in [-0.2, -0.15) is 0 Å². The Morgan fingerprint density at radius 1 is 1.12 bits per heavy atom. The number of hydrogen-bond donors (Lipinski definition) is 1. The monoisotopic (exact) mass is 466 g/mol. The maximum absolute atomic E-state index is 13.0. The molecule has 1 fully saturated rings. The number of rotatable bonds is 7. The number of halogens is 1. The first-order chi connectivity index (χ1) is 15.9. The molecule has 0 radical (unpaired) electrons. The van der Waals surface area contributed by atoms with Crippen molar-refractivity contribution in [1.29, 1.82) is 0 Å². The summed E-state index contributed by atoms with van der Waals surface area (Å²) in [5.41, 5.74) is -0.00971. The molecule has 1 N–H and O–H groups in total. The predicted molar refractivity (Wildman–Crippen MR) is 120 cm³/mol. The van der Waals surface area contributed by atoms with E-state index in [1.165, 1.54) is 47.4 Å². The van der Waals surface area contributed by atoms with Crippen molar-refractivity contribution in [2.75, 3.05) is 6.54 Å². The van der Waals surface area contributed by atoms with Gasteiger partial charge in [0, 0.05) is 42.1 Å². The standard InChI is InChI=1S/C23H19ClN4O5/c24-16-8-6-15(7-9-16)21(29)19-20(17-4-1-2-5-18(17)28(32)33)27(23(31)22(19)30)12-3-11-26-13-10-25-14-26/h1-2,4-10,13-14,20,29H,3,11-12H2. The van der Waals surface area contributed by atoms with Gasteiger partial charge >= 0.3 is 0 Å². The van der Waals surface area contributed by atoms with E-state index in [1.807, 2.05) is 4.57 Å². The van der Waals surface area contributed by atoms with Crippen molar-refractivity contribution in [3.05, 3.63) is 99.1 Å². The number of hydrogen-bond acceptors (Lipinski definition) is 6. The number of carbonyl (C=O) groups excluding carboxylic acids is 2. The summed E-state index contributed by atoms with van der Waals surface area (Å²) in [5.74, 6) is -2.13. The molecular weight excluding hydrogens is 448 g/mol. The SMILES string of the molecule is O=C1C(=O)N(CCCn2ccnc2)C(c2ccccc2[N+](=O)[O-])C1=C(O)c1ccc(Cl)cc1. The Hall–Kier alpha value is -3.98. The molecule has 2 aromatic carbocycles. The second kappa shape index (κ2) is 9.25. The number of aromatic nitrogens is 2. The third-order valence-corrected chi connectivity index (χ3v) is 5.71. The Balaban J connectivity index is 1.80. The van der Waals surface area contributed by atoms with E-state index in [0.29, 0.717) is 18.0 Å². The molecule has 1 aliphatic rings. The number of aryl methyl sites for hydroxylation is 1. The normalized spacial score (nSPS) is 17.5. The average Bonchev–Trinajstić information content (AvgIpc) is 3.41. The smallest absolute Gasteiger partial charge is 0.295 e. The Kier molecular flexibility index (Phi) is 6.23. The highest BCUT2D eigenvalue weighted by atomic mass is 35.5. The van der Waals surface area contributed by atoms with E-state index in [4.69, 9.17) is 11.6 Å². The Bertz CT molecular complexity index is 1240. The van der Waals surface area contributed by atoms with Crippen LogP contribution in [0.4, 0.5) is 5.69 Å². The number of Topliss-reactive ketones (excluding diaryl/α,β-unsaturated/α-hetero) is 1. The van der Waals surface area contributed by atoms with Crippen LogP contribution in [0.1, 0.15) is 23.6 Å². The molecule has 10 heteroatoms. The molecule has 0 saturated carbocycles. The van der Waals surface area contributed by atoms with Gasteiger partial charge in [0.25, 0.3) is 17.4 Å². The summed E-state index contributed by atoms with van der Waals surface area (Å²) in [6.45, 7) is 0.681. The van der Waals surface area contributed by atoms with Crippen LogP contribution in [-0.4, -0.2) is 42.7 Å². The van der Waals surface area contributed by atoms with Crippen molar-refractivity contribution in [3.63, 3.8) is 0 Å². The third-order valence-electron chi connectivity index (χ3n) is 5.46. The molecule has 2 heterocycles. The van der Waals surface area contributed by atoms with E-state index in [-0.39, 0.29) is 28.9 Å². The Morgan fingerprint density at radius 2 is 1.85 bits per heavy atom. The van der Waals surface area contributed by atoms with E-state index in [9.17, 15) is 24.8 Å². The van der Waals surface area contributed by atoms with Gasteiger partial charge in [-0.25, -0.2) is 4.98 Å². The third kappa shape index (κ3) is 4.35. The second-order valence-electron chi connectivity index (χ2n) is 7.47. The fourth-order valence-corrected chi connectivity index (χ4v) is 4.05. The lowest BCUT2D eigenvalue weighted by molar-refractivity contribution is -0.385. The molecule has 33 heavy (non-hydrogen) atoms. The van der Waals surface area contributed by atoms with Gasteiger partial charge in [-0.15, -0.1) is 0 Å². The number of amides is 1. The summed E-state index contributed by atoms with van der Waals surface area (Å²) in [6.07, 6.45) is 5.51. The largest absolute Gasteiger partial charge is 0.507 e. The minimum atomic E-state index is -1.11. The molecule has 1 amide bonds. The van der Waals surface area contributed by atoms with E-state index < -0.39 is 28.4 Å². The lowest BCUT2D eigenvalue weighted by Crippen LogP contribution is -2.31. The molecule has 4 rings (SSSR count). The molecule has 1 aromatic heterocycles. The minimum absolute atomic E-state index is 0.150. The summed E-state index contributed by atoms with van der Waals surface area (Å²) < 4.78 is 1.82. The van der Waals surface area contributed by atoms with Crippen LogP contribution >= 0.6 is 11.6 Å². The molecule has 1 aliphatic heterocycles. The highest BCUT2D eigenvalue weighted by Gasteiger charge is 2.47. The summed E-state index contributed by atoms with van der Waals surface area (Å²) in [4.78, 5) is 42.4. The maximum atomic E-state index is 13.0. The van der Waals surface area contributed by atoms with Crippen LogP contribution in [-0.2, 0) is 16.1 Å². The number of imidazole rings is 1. The fraction of sp³-hybridized carbons (Fsp3) is 0.174. The van der Waals surface area contributed by atoms with Crippen molar-refractivity contribution in [2.45, 2.75) is 19.0 Å². The van der Waals surface area contributed by atoms with Gasteiger partial charge < -0.3 is 14.6 Å². The molecule has 1 unspecified atom stereocenters. The minimum Gasteiger partial charge on any atom is -0.507 e. The van der Waals surface area contributed by atoms with Gasteiger partial charge in [-0.1, -0.05) is 23.7 Å². The van der Waals surface area contributed by atoms with Crippen LogP contribution in [0.3, 0.4) is 0 Å². The lowest BCUT2D eigenvalue weighted by Gasteiger charge is -2.25. The van der Waals surface area contributed by atoms with Crippen molar-refractivity contribution >= 4 is 34.7 Å². The summed E-state index contributed by atoms with van der Waals surface area (Å²) in [7, 11) is 0. The number of likely N-dealkylation sites (tertiary alicyclic amines) is 1. The quantitative estimate of drug-likeness (QED) is 0.185. The first-order valence-electron chi connectivity index (χ1n) is 10.1. The highest BCUT2D eigenvalue weighted by molar-refractivity contribution is 6.46. The van der Waals surface area contributed by atoms with Crippen molar-refractivity contribution in [1.82, 2.24) is 14.5 Å². The zero-order chi connectivity index (χ0) is 23.5. The molecule has 3 aromatic rings. The zero-order valence-electron chi connectivity index (χ0n) is 17.3. The van der Waals surface area contributed by atoms with Crippen LogP contribution in [0.15, 0.2) is 72.8 Å². The topological polar surface area (TPSA) is 119 Å². The van der Waals surface area contributed by atoms with Crippen molar-refractivity contribution < 1.29 is 19.6 Å². The molecule has 1 saturated heterocycles. The lowest BCUT2D eigenvalue weighted by atomic mass is 9.94. The van der Waals surface area contributed by atoms with Crippen LogP contribution in [0.25, 0.3) is 5.76 Å². The molecule has 0 spiro atoms. The maximum Gasteiger partial charge on any atom is 0.295 e. The summed E-state index contributed by atoms with van der Waals surface area (Å²) >= 11 is 5.92. The molecule has 9 nitrogen and oxygen atoms in total.